The first-order chi connectivity index (χ1) is 9.23. The fraction of sp³-hybridized carbons (Fsp3) is 0.500. The molecule has 2 N–H and O–H groups in total. The SMILES string of the molecule is CC(C)(C)N=[N+]([O-])C(C#N)=NNc1n[nH]c([N+](=O)[O-])n1. The molecular formula is C8H11N9O3. The highest BCUT2D eigenvalue weighted by Gasteiger charge is 2.19. The van der Waals surface area contributed by atoms with Gasteiger partial charge < -0.3 is 15.3 Å². The number of azo groups is 1. The Balaban J connectivity index is 2.88. The number of nitro groups is 1. The molecule has 0 atom stereocenters. The maximum Gasteiger partial charge on any atom is 0.455 e. The van der Waals surface area contributed by atoms with E-state index < -0.39 is 22.2 Å². The van der Waals surface area contributed by atoms with Crippen molar-refractivity contribution in [2.75, 3.05) is 5.43 Å². The van der Waals surface area contributed by atoms with Gasteiger partial charge in [0.15, 0.2) is 6.07 Å². The number of anilines is 1. The summed E-state index contributed by atoms with van der Waals surface area (Å²) in [5.74, 6) is -1.44. The van der Waals surface area contributed by atoms with Crippen molar-refractivity contribution < 1.29 is 9.78 Å². The van der Waals surface area contributed by atoms with Crippen LogP contribution in [0.2, 0.25) is 0 Å². The van der Waals surface area contributed by atoms with Crippen molar-refractivity contribution in [3.05, 3.63) is 15.3 Å². The first-order valence-corrected chi connectivity index (χ1v) is 5.23. The Kier molecular flexibility index (Phi) is 4.26. The second-order valence-electron chi connectivity index (χ2n) is 4.44. The van der Waals surface area contributed by atoms with E-state index in [-0.39, 0.29) is 10.8 Å². The molecule has 0 bridgehead atoms. The highest BCUT2D eigenvalue weighted by molar-refractivity contribution is 5.89. The number of rotatable bonds is 3. The van der Waals surface area contributed by atoms with E-state index in [1.165, 1.54) is 6.07 Å². The minimum Gasteiger partial charge on any atom is -0.690 e. The molecule has 0 aliphatic heterocycles. The zero-order chi connectivity index (χ0) is 15.3. The summed E-state index contributed by atoms with van der Waals surface area (Å²) < 4.78 is 0. The van der Waals surface area contributed by atoms with E-state index in [0.717, 1.165) is 0 Å². The number of hydrogen-bond acceptors (Lipinski definition) is 9. The number of hydrogen-bond donors (Lipinski definition) is 2. The highest BCUT2D eigenvalue weighted by atomic mass is 16.6. The molecule has 20 heavy (non-hydrogen) atoms. The van der Waals surface area contributed by atoms with E-state index in [2.05, 4.69) is 25.7 Å². The predicted octanol–water partition coefficient (Wildman–Crippen LogP) is 0.723. The van der Waals surface area contributed by atoms with Crippen LogP contribution in [0.25, 0.3) is 0 Å². The van der Waals surface area contributed by atoms with Gasteiger partial charge >= 0.3 is 17.7 Å². The van der Waals surface area contributed by atoms with Crippen LogP contribution in [0.4, 0.5) is 11.9 Å². The summed E-state index contributed by atoms with van der Waals surface area (Å²) in [7, 11) is 0. The quantitative estimate of drug-likeness (QED) is 0.205. The smallest absolute Gasteiger partial charge is 0.455 e. The van der Waals surface area contributed by atoms with Gasteiger partial charge in [0, 0.05) is 0 Å². The number of hydrazone groups is 1. The van der Waals surface area contributed by atoms with Gasteiger partial charge in [-0.15, -0.1) is 20.5 Å². The van der Waals surface area contributed by atoms with E-state index in [4.69, 9.17) is 5.26 Å². The number of nitriles is 1. The maximum atomic E-state index is 11.5. The average Bonchev–Trinajstić information content (AvgIpc) is 2.76. The summed E-state index contributed by atoms with van der Waals surface area (Å²) in [5, 5.41) is 43.2. The molecule has 0 unspecified atom stereocenters. The topological polar surface area (TPSA) is 171 Å². The normalized spacial score (nSPS) is 12.9. The second kappa shape index (κ2) is 5.69. The van der Waals surface area contributed by atoms with Crippen LogP contribution < -0.4 is 5.43 Å². The van der Waals surface area contributed by atoms with E-state index >= 15 is 0 Å². The molecule has 0 spiro atoms. The molecule has 1 aromatic heterocycles. The maximum absolute atomic E-state index is 11.5. The van der Waals surface area contributed by atoms with Crippen LogP contribution in [0.3, 0.4) is 0 Å². The van der Waals surface area contributed by atoms with Crippen molar-refractivity contribution in [3.63, 3.8) is 0 Å². The summed E-state index contributed by atoms with van der Waals surface area (Å²) in [6.07, 6.45) is 0. The minimum absolute atomic E-state index is 0.0497. The summed E-state index contributed by atoms with van der Waals surface area (Å²) in [5.41, 5.74) is 1.45. The van der Waals surface area contributed by atoms with Gasteiger partial charge in [-0.05, 0) is 30.7 Å². The summed E-state index contributed by atoms with van der Waals surface area (Å²) in [6, 6.07) is 1.53. The molecular weight excluding hydrogens is 270 g/mol. The number of aromatic amines is 1. The molecule has 0 amide bonds. The largest absolute Gasteiger partial charge is 0.690 e. The van der Waals surface area contributed by atoms with Crippen molar-refractivity contribution >= 4 is 17.7 Å². The molecule has 12 nitrogen and oxygen atoms in total. The zero-order valence-corrected chi connectivity index (χ0v) is 10.9. The number of hydroxylamine groups is 1. The molecule has 1 heterocycles. The number of H-pyrrole nitrogens is 1. The lowest BCUT2D eigenvalue weighted by atomic mass is 10.1. The Morgan fingerprint density at radius 1 is 1.50 bits per heavy atom. The summed E-state index contributed by atoms with van der Waals surface area (Å²) in [4.78, 5) is 13.0. The lowest BCUT2D eigenvalue weighted by Gasteiger charge is -2.11. The van der Waals surface area contributed by atoms with Gasteiger partial charge in [0.25, 0.3) is 0 Å². The van der Waals surface area contributed by atoms with Gasteiger partial charge in [0.1, 0.15) is 0 Å². The molecule has 0 aliphatic carbocycles. The minimum atomic E-state index is -0.790. The van der Waals surface area contributed by atoms with E-state index in [9.17, 15) is 15.3 Å². The van der Waals surface area contributed by atoms with Crippen molar-refractivity contribution in [1.82, 2.24) is 15.2 Å². The van der Waals surface area contributed by atoms with Crippen LogP contribution in [0.15, 0.2) is 10.2 Å². The number of nitrogens with one attached hydrogen (secondary N) is 2. The Hall–Kier alpha value is -3.10. The average molecular weight is 281 g/mol. The summed E-state index contributed by atoms with van der Waals surface area (Å²) >= 11 is 0. The molecule has 0 saturated heterocycles. The first-order valence-electron chi connectivity index (χ1n) is 5.23. The summed E-state index contributed by atoms with van der Waals surface area (Å²) in [6.45, 7) is 5.00. The Bertz CT molecular complexity index is 603. The fourth-order valence-electron chi connectivity index (χ4n) is 0.918. The van der Waals surface area contributed by atoms with Gasteiger partial charge in [-0.3, -0.25) is 0 Å². The molecule has 0 aliphatic rings. The number of nitrogens with zero attached hydrogens (tertiary/aromatic N) is 7. The van der Waals surface area contributed by atoms with Crippen molar-refractivity contribution in [2.24, 2.45) is 10.2 Å². The van der Waals surface area contributed by atoms with Crippen LogP contribution in [-0.4, -0.2) is 36.3 Å². The van der Waals surface area contributed by atoms with Gasteiger partial charge in [-0.25, -0.2) is 0 Å². The first kappa shape index (κ1) is 15.0. The van der Waals surface area contributed by atoms with Crippen LogP contribution >= 0.6 is 0 Å². The predicted molar refractivity (Wildman–Crippen MR) is 65.5 cm³/mol. The van der Waals surface area contributed by atoms with E-state index in [1.54, 1.807) is 20.8 Å². The molecule has 0 fully saturated rings. The molecule has 12 heteroatoms. The lowest BCUT2D eigenvalue weighted by Crippen LogP contribution is -2.20. The number of aromatic nitrogens is 3. The Morgan fingerprint density at radius 2 is 2.15 bits per heavy atom. The van der Waals surface area contributed by atoms with Crippen molar-refractivity contribution in [1.29, 1.82) is 5.26 Å². The molecule has 0 radical (unpaired) electrons. The standard InChI is InChI=1S/C8H11N9O3/c1-8(2,3)15-16(18)5(4-9)11-12-6-10-7(14-13-6)17(19)20/h1-3H3,(H2,10,12,13,14). The van der Waals surface area contributed by atoms with E-state index in [1.807, 2.05) is 5.10 Å². The van der Waals surface area contributed by atoms with Crippen molar-refractivity contribution in [2.45, 2.75) is 26.3 Å². The molecule has 1 rings (SSSR count). The van der Waals surface area contributed by atoms with Crippen LogP contribution in [0.1, 0.15) is 20.8 Å². The Labute approximate surface area is 112 Å². The molecule has 106 valence electrons. The molecule has 1 aromatic rings. The second-order valence-corrected chi connectivity index (χ2v) is 4.44. The fourth-order valence-corrected chi connectivity index (χ4v) is 0.918. The van der Waals surface area contributed by atoms with Crippen LogP contribution in [0, 0.1) is 26.7 Å². The van der Waals surface area contributed by atoms with Gasteiger partial charge in [-0.1, -0.05) is 5.10 Å². The van der Waals surface area contributed by atoms with E-state index in [0.29, 0.717) is 0 Å². The van der Waals surface area contributed by atoms with Crippen LogP contribution in [-0.2, 0) is 0 Å². The molecule has 0 saturated carbocycles. The monoisotopic (exact) mass is 281 g/mol. The third-order valence-electron chi connectivity index (χ3n) is 1.58. The van der Waals surface area contributed by atoms with Crippen molar-refractivity contribution in [3.8, 4) is 6.07 Å². The lowest BCUT2D eigenvalue weighted by molar-refractivity contribution is -0.415. The zero-order valence-electron chi connectivity index (χ0n) is 10.9. The third kappa shape index (κ3) is 4.29. The highest BCUT2D eigenvalue weighted by Crippen LogP contribution is 2.07. The number of amidine groups is 1. The molecule has 0 aromatic carbocycles. The van der Waals surface area contributed by atoms with Crippen LogP contribution in [0.5, 0.6) is 0 Å². The third-order valence-corrected chi connectivity index (χ3v) is 1.58. The van der Waals surface area contributed by atoms with Gasteiger partial charge in [0.05, 0.1) is 10.6 Å². The Morgan fingerprint density at radius 3 is 2.60 bits per heavy atom. The van der Waals surface area contributed by atoms with Gasteiger partial charge in [-0.2, -0.15) is 5.26 Å². The van der Waals surface area contributed by atoms with Gasteiger partial charge in [0.2, 0.25) is 0 Å².